The minimum Gasteiger partial charge on any atom is -0.480 e. The van der Waals surface area contributed by atoms with E-state index in [-0.39, 0.29) is 6.61 Å². The molecule has 2 amide bonds. The fourth-order valence-electron chi connectivity index (χ4n) is 0.716. The van der Waals surface area contributed by atoms with Crippen LogP contribution in [0, 0.1) is 0 Å². The van der Waals surface area contributed by atoms with Gasteiger partial charge in [-0.1, -0.05) is 0 Å². The van der Waals surface area contributed by atoms with Crippen LogP contribution < -0.4 is 11.1 Å². The fraction of sp³-hybridized carbons (Fsp3) is 0.571. The molecule has 0 aromatic carbocycles. The summed E-state index contributed by atoms with van der Waals surface area (Å²) >= 11 is 0. The van der Waals surface area contributed by atoms with Crippen molar-refractivity contribution in [1.82, 2.24) is 5.32 Å². The van der Waals surface area contributed by atoms with Crippen molar-refractivity contribution in [3.63, 3.8) is 0 Å². The summed E-state index contributed by atoms with van der Waals surface area (Å²) in [4.78, 5) is 31.7. The van der Waals surface area contributed by atoms with E-state index in [0.717, 1.165) is 0 Å². The Hall–Kier alpha value is -1.79. The predicted octanol–water partition coefficient (Wildman–Crippen LogP) is -0.939. The first-order chi connectivity index (χ1) is 6.47. The lowest BCUT2D eigenvalue weighted by Gasteiger charge is -2.11. The van der Waals surface area contributed by atoms with Crippen molar-refractivity contribution in [1.29, 1.82) is 0 Å². The third kappa shape index (κ3) is 4.96. The van der Waals surface area contributed by atoms with E-state index in [2.05, 4.69) is 4.74 Å². The highest BCUT2D eigenvalue weighted by Gasteiger charge is 2.22. The average Bonchev–Trinajstić information content (AvgIpc) is 2.02. The van der Waals surface area contributed by atoms with Crippen LogP contribution in [0.25, 0.3) is 0 Å². The number of amides is 2. The molecule has 1 atom stereocenters. The number of carbonyl (C=O) groups excluding carboxylic acids is 2. The van der Waals surface area contributed by atoms with Gasteiger partial charge < -0.3 is 20.9 Å². The fourth-order valence-corrected chi connectivity index (χ4v) is 0.716. The number of carboxylic acid groups (broad SMARTS) is 1. The Morgan fingerprint density at radius 3 is 2.43 bits per heavy atom. The van der Waals surface area contributed by atoms with Gasteiger partial charge in [0.2, 0.25) is 5.91 Å². The van der Waals surface area contributed by atoms with E-state index in [1.807, 2.05) is 5.32 Å². The SMILES string of the molecule is CCOC(=O)N[C@H](CC(N)=O)C(=O)O. The van der Waals surface area contributed by atoms with Crippen molar-refractivity contribution >= 4 is 18.0 Å². The lowest BCUT2D eigenvalue weighted by molar-refractivity contribution is -0.141. The second-order valence-corrected chi connectivity index (χ2v) is 2.43. The molecule has 0 heterocycles. The molecular weight excluding hydrogens is 192 g/mol. The molecule has 0 saturated heterocycles. The summed E-state index contributed by atoms with van der Waals surface area (Å²) < 4.78 is 4.44. The first-order valence-electron chi connectivity index (χ1n) is 3.91. The monoisotopic (exact) mass is 204 g/mol. The Labute approximate surface area is 80.2 Å². The van der Waals surface area contributed by atoms with Crippen molar-refractivity contribution < 1.29 is 24.2 Å². The number of nitrogens with one attached hydrogen (secondary N) is 1. The first-order valence-corrected chi connectivity index (χ1v) is 3.91. The Balaban J connectivity index is 4.16. The number of rotatable bonds is 5. The zero-order chi connectivity index (χ0) is 11.1. The maximum Gasteiger partial charge on any atom is 0.407 e. The van der Waals surface area contributed by atoms with Crippen LogP contribution in [0.5, 0.6) is 0 Å². The topological polar surface area (TPSA) is 119 Å². The summed E-state index contributed by atoms with van der Waals surface area (Å²) in [5, 5.41) is 10.5. The highest BCUT2D eigenvalue weighted by atomic mass is 16.5. The van der Waals surface area contributed by atoms with Crippen LogP contribution in [0.15, 0.2) is 0 Å². The Morgan fingerprint density at radius 2 is 2.07 bits per heavy atom. The summed E-state index contributed by atoms with van der Waals surface area (Å²) in [7, 11) is 0. The molecule has 7 nitrogen and oxygen atoms in total. The van der Waals surface area contributed by atoms with E-state index in [1.54, 1.807) is 6.92 Å². The van der Waals surface area contributed by atoms with Crippen LogP contribution in [0.4, 0.5) is 4.79 Å². The van der Waals surface area contributed by atoms with E-state index in [4.69, 9.17) is 10.8 Å². The lowest BCUT2D eigenvalue weighted by Crippen LogP contribution is -2.43. The number of primary amides is 1. The normalized spacial score (nSPS) is 11.5. The lowest BCUT2D eigenvalue weighted by atomic mass is 10.2. The highest BCUT2D eigenvalue weighted by Crippen LogP contribution is 1.92. The molecule has 0 spiro atoms. The van der Waals surface area contributed by atoms with Crippen molar-refractivity contribution in [2.45, 2.75) is 19.4 Å². The first kappa shape index (κ1) is 12.2. The molecule has 0 aromatic heterocycles. The van der Waals surface area contributed by atoms with Gasteiger partial charge in [-0.25, -0.2) is 9.59 Å². The Kier molecular flexibility index (Phi) is 5.05. The van der Waals surface area contributed by atoms with E-state index in [9.17, 15) is 14.4 Å². The summed E-state index contributed by atoms with van der Waals surface area (Å²) in [6.07, 6.45) is -1.35. The molecule has 0 rings (SSSR count). The molecule has 0 aliphatic rings. The third-order valence-electron chi connectivity index (χ3n) is 1.27. The van der Waals surface area contributed by atoms with Gasteiger partial charge in [0.15, 0.2) is 0 Å². The minimum atomic E-state index is -1.34. The largest absolute Gasteiger partial charge is 0.480 e. The molecular formula is C7H12N2O5. The van der Waals surface area contributed by atoms with E-state index < -0.39 is 30.4 Å². The average molecular weight is 204 g/mol. The van der Waals surface area contributed by atoms with Crippen LogP contribution in [0.3, 0.4) is 0 Å². The standard InChI is InChI=1S/C7H12N2O5/c1-2-14-7(13)9-4(6(11)12)3-5(8)10/h4H,2-3H2,1H3,(H2,8,10)(H,9,13)(H,11,12)/t4-/m1/s1. The van der Waals surface area contributed by atoms with Gasteiger partial charge in [-0.2, -0.15) is 0 Å². The van der Waals surface area contributed by atoms with E-state index in [1.165, 1.54) is 0 Å². The van der Waals surface area contributed by atoms with Crippen LogP contribution in [0.2, 0.25) is 0 Å². The molecule has 14 heavy (non-hydrogen) atoms. The zero-order valence-corrected chi connectivity index (χ0v) is 7.65. The third-order valence-corrected chi connectivity index (χ3v) is 1.27. The number of hydrogen-bond acceptors (Lipinski definition) is 4. The van der Waals surface area contributed by atoms with Gasteiger partial charge in [-0.05, 0) is 6.92 Å². The van der Waals surface area contributed by atoms with Crippen LogP contribution in [-0.4, -0.2) is 35.7 Å². The maximum absolute atomic E-state index is 10.8. The molecule has 4 N–H and O–H groups in total. The summed E-state index contributed by atoms with van der Waals surface area (Å²) in [5.74, 6) is -2.15. The molecule has 80 valence electrons. The van der Waals surface area contributed by atoms with Gasteiger partial charge in [0.1, 0.15) is 6.04 Å². The van der Waals surface area contributed by atoms with Crippen LogP contribution in [0.1, 0.15) is 13.3 Å². The molecule has 0 aliphatic heterocycles. The maximum atomic E-state index is 10.8. The molecule has 0 aromatic rings. The number of ether oxygens (including phenoxy) is 1. The number of aliphatic carboxylic acids is 1. The predicted molar refractivity (Wildman–Crippen MR) is 45.4 cm³/mol. The van der Waals surface area contributed by atoms with Gasteiger partial charge >= 0.3 is 12.1 Å². The van der Waals surface area contributed by atoms with Crippen molar-refractivity contribution in [3.8, 4) is 0 Å². The summed E-state index contributed by atoms with van der Waals surface area (Å²) in [5.41, 5.74) is 4.79. The van der Waals surface area contributed by atoms with E-state index in [0.29, 0.717) is 0 Å². The molecule has 0 radical (unpaired) electrons. The van der Waals surface area contributed by atoms with Crippen molar-refractivity contribution in [2.24, 2.45) is 5.73 Å². The molecule has 0 bridgehead atoms. The molecule has 0 saturated carbocycles. The van der Waals surface area contributed by atoms with Crippen LogP contribution >= 0.6 is 0 Å². The number of hydrogen-bond donors (Lipinski definition) is 3. The Morgan fingerprint density at radius 1 is 1.50 bits per heavy atom. The van der Waals surface area contributed by atoms with E-state index >= 15 is 0 Å². The van der Waals surface area contributed by atoms with Gasteiger partial charge in [-0.15, -0.1) is 0 Å². The number of nitrogens with two attached hydrogens (primary N) is 1. The van der Waals surface area contributed by atoms with Gasteiger partial charge in [0, 0.05) is 0 Å². The second kappa shape index (κ2) is 5.79. The van der Waals surface area contributed by atoms with Gasteiger partial charge in [0.25, 0.3) is 0 Å². The number of alkyl carbamates (subject to hydrolysis) is 1. The molecule has 0 aliphatic carbocycles. The smallest absolute Gasteiger partial charge is 0.407 e. The minimum absolute atomic E-state index is 0.120. The van der Waals surface area contributed by atoms with Crippen LogP contribution in [-0.2, 0) is 14.3 Å². The second-order valence-electron chi connectivity index (χ2n) is 2.43. The molecule has 0 fully saturated rings. The highest BCUT2D eigenvalue weighted by molar-refractivity contribution is 5.86. The number of carbonyl (C=O) groups is 3. The van der Waals surface area contributed by atoms with Gasteiger partial charge in [-0.3, -0.25) is 4.79 Å². The molecule has 7 heteroatoms. The molecule has 0 unspecified atom stereocenters. The summed E-state index contributed by atoms with van der Waals surface area (Å²) in [6.45, 7) is 1.69. The Bertz CT molecular complexity index is 240. The van der Waals surface area contributed by atoms with Gasteiger partial charge in [0.05, 0.1) is 13.0 Å². The van der Waals surface area contributed by atoms with Crippen molar-refractivity contribution in [3.05, 3.63) is 0 Å². The van der Waals surface area contributed by atoms with Crippen molar-refractivity contribution in [2.75, 3.05) is 6.61 Å². The quantitative estimate of drug-likeness (QED) is 0.534. The summed E-state index contributed by atoms with van der Waals surface area (Å²) in [6, 6.07) is -1.34. The zero-order valence-electron chi connectivity index (χ0n) is 7.65. The number of carboxylic acids is 1.